The molecule has 176 valence electrons. The lowest BCUT2D eigenvalue weighted by atomic mass is 10.2. The molecule has 0 spiro atoms. The van der Waals surface area contributed by atoms with Gasteiger partial charge in [-0.05, 0) is 6.42 Å². The van der Waals surface area contributed by atoms with Crippen molar-refractivity contribution in [2.24, 2.45) is 5.92 Å². The first kappa shape index (κ1) is 29.1. The predicted octanol–water partition coefficient (Wildman–Crippen LogP) is 5.16. The summed E-state index contributed by atoms with van der Waals surface area (Å²) >= 11 is -6.83. The molecule has 2 aliphatic heterocycles. The maximum atomic E-state index is 9.85. The molecular weight excluding hydrogens is 403 g/mol. The van der Waals surface area contributed by atoms with Gasteiger partial charge in [0, 0.05) is 45.8 Å². The zero-order valence-corrected chi connectivity index (χ0v) is 20.4. The van der Waals surface area contributed by atoms with Gasteiger partial charge in [0.2, 0.25) is 0 Å². The highest BCUT2D eigenvalue weighted by molar-refractivity contribution is 6.50. The number of hydrogen-bond donors (Lipinski definition) is 0. The van der Waals surface area contributed by atoms with Gasteiger partial charge in [-0.15, -0.1) is 0 Å². The van der Waals surface area contributed by atoms with Crippen LogP contribution in [0.4, 0.5) is 14.1 Å². The minimum absolute atomic E-state index is 0.790. The molecule has 0 aliphatic carbocycles. The van der Waals surface area contributed by atoms with Gasteiger partial charge in [-0.25, -0.2) is 0 Å². The Balaban J connectivity index is 0.000000442. The standard InChI is InChI=1S/2C10H22NO.Al.4FH/c1-10(2)8-11(9-12-3)6-4-5-7-11;1-3-4-7-11(10-12-2)8-5-6-9-11;;;;;/h10H,4-9H2,1-3H3;3-10H2,1-2H3;;4*1H/q2*+1;+3;;;;/p-4. The minimum Gasteiger partial charge on any atom is -0.510 e. The monoisotopic (exact) mass is 447 g/mol. The van der Waals surface area contributed by atoms with Gasteiger partial charge in [-0.2, -0.15) is 0 Å². The third kappa shape index (κ3) is 14.7. The van der Waals surface area contributed by atoms with Crippen molar-refractivity contribution >= 4 is 14.9 Å². The molecule has 2 heterocycles. The molecule has 2 rings (SSSR count). The number of quaternary nitrogens is 2. The van der Waals surface area contributed by atoms with E-state index in [1.54, 1.807) is 0 Å². The van der Waals surface area contributed by atoms with Gasteiger partial charge in [-0.1, -0.05) is 27.2 Å². The first-order valence-corrected chi connectivity index (χ1v) is 12.8. The fourth-order valence-corrected chi connectivity index (χ4v) is 4.61. The summed E-state index contributed by atoms with van der Waals surface area (Å²) in [5.74, 6) is 0.790. The van der Waals surface area contributed by atoms with Gasteiger partial charge < -0.3 is 32.5 Å². The Morgan fingerprint density at radius 2 is 1.17 bits per heavy atom. The zero-order chi connectivity index (χ0) is 22.4. The third-order valence-electron chi connectivity index (χ3n) is 5.57. The minimum atomic E-state index is -6.83. The first-order chi connectivity index (χ1) is 13.5. The van der Waals surface area contributed by atoms with Crippen molar-refractivity contribution in [1.82, 2.24) is 0 Å². The summed E-state index contributed by atoms with van der Waals surface area (Å²) in [4.78, 5) is 0. The van der Waals surface area contributed by atoms with E-state index in [1.165, 1.54) is 86.8 Å². The molecule has 0 saturated carbocycles. The van der Waals surface area contributed by atoms with Crippen LogP contribution in [0.2, 0.25) is 0 Å². The fraction of sp³-hybridized carbons (Fsp3) is 1.00. The summed E-state index contributed by atoms with van der Waals surface area (Å²) in [7, 11) is 3.64. The molecule has 0 radical (unpaired) electrons. The molecular formula is C20H44AlF4N2O2+. The number of likely N-dealkylation sites (tertiary alicyclic amines) is 2. The maximum absolute atomic E-state index is 9.85. The highest BCUT2D eigenvalue weighted by Gasteiger charge is 2.41. The molecule has 0 unspecified atom stereocenters. The van der Waals surface area contributed by atoms with Crippen LogP contribution in [0, 0.1) is 5.92 Å². The second-order valence-corrected chi connectivity index (χ2v) is 9.97. The Bertz CT molecular complexity index is 394. The molecule has 0 amide bonds. The van der Waals surface area contributed by atoms with Gasteiger partial charge in [0.15, 0.2) is 13.5 Å². The van der Waals surface area contributed by atoms with Crippen molar-refractivity contribution in [3.63, 3.8) is 0 Å². The number of rotatable bonds is 9. The highest BCUT2D eigenvalue weighted by Crippen LogP contribution is 2.21. The van der Waals surface area contributed by atoms with Crippen molar-refractivity contribution in [2.45, 2.75) is 59.3 Å². The molecule has 2 saturated heterocycles. The van der Waals surface area contributed by atoms with E-state index in [0.29, 0.717) is 0 Å². The van der Waals surface area contributed by atoms with E-state index in [0.717, 1.165) is 19.4 Å². The predicted molar refractivity (Wildman–Crippen MR) is 112 cm³/mol. The quantitative estimate of drug-likeness (QED) is 0.276. The SMILES string of the molecule is CCCC[N+]1(COC)CCCC1.COC[N+]1(CC(C)C)CCCC1.[F][Al-]([F])([F])[F]. The van der Waals surface area contributed by atoms with Gasteiger partial charge in [0.05, 0.1) is 39.3 Å². The van der Waals surface area contributed by atoms with E-state index < -0.39 is 14.9 Å². The molecule has 2 aliphatic rings. The van der Waals surface area contributed by atoms with Crippen LogP contribution in [0.5, 0.6) is 0 Å². The summed E-state index contributed by atoms with van der Waals surface area (Å²) in [6.07, 6.45) is 8.22. The summed E-state index contributed by atoms with van der Waals surface area (Å²) in [6.45, 7) is 16.7. The second-order valence-electron chi connectivity index (χ2n) is 8.98. The lowest BCUT2D eigenvalue weighted by molar-refractivity contribution is -0.937. The van der Waals surface area contributed by atoms with E-state index in [1.807, 2.05) is 14.2 Å². The van der Waals surface area contributed by atoms with E-state index in [4.69, 9.17) is 9.47 Å². The maximum Gasteiger partial charge on any atom is 1.04 e. The number of halogens is 4. The molecule has 0 aromatic carbocycles. The summed E-state index contributed by atoms with van der Waals surface area (Å²) in [5.41, 5.74) is 0. The van der Waals surface area contributed by atoms with Crippen molar-refractivity contribution < 1.29 is 32.5 Å². The van der Waals surface area contributed by atoms with Gasteiger partial charge in [0.1, 0.15) is 0 Å². The van der Waals surface area contributed by atoms with Crippen LogP contribution < -0.4 is 0 Å². The zero-order valence-electron chi connectivity index (χ0n) is 19.3. The third-order valence-corrected chi connectivity index (χ3v) is 5.57. The molecule has 29 heavy (non-hydrogen) atoms. The Kier molecular flexibility index (Phi) is 15.0. The van der Waals surface area contributed by atoms with Crippen LogP contribution in [-0.2, 0) is 9.47 Å². The van der Waals surface area contributed by atoms with Crippen molar-refractivity contribution in [1.29, 1.82) is 0 Å². The van der Waals surface area contributed by atoms with Crippen LogP contribution in [0.15, 0.2) is 0 Å². The summed E-state index contributed by atoms with van der Waals surface area (Å²) in [5, 5.41) is 0. The van der Waals surface area contributed by atoms with Crippen molar-refractivity contribution in [3.8, 4) is 0 Å². The van der Waals surface area contributed by atoms with Crippen LogP contribution in [0.3, 0.4) is 0 Å². The Morgan fingerprint density at radius 3 is 1.52 bits per heavy atom. The topological polar surface area (TPSA) is 18.5 Å². The number of methoxy groups -OCH3 is 2. The molecule has 0 aromatic rings. The number of hydrogen-bond acceptors (Lipinski definition) is 2. The van der Waals surface area contributed by atoms with Crippen LogP contribution in [0.1, 0.15) is 59.3 Å². The smallest absolute Gasteiger partial charge is 0.510 e. The number of ether oxygens (including phenoxy) is 2. The lowest BCUT2D eigenvalue weighted by Crippen LogP contribution is -2.48. The molecule has 0 atom stereocenters. The molecule has 0 bridgehead atoms. The number of unbranched alkanes of at least 4 members (excludes halogenated alkanes) is 1. The van der Waals surface area contributed by atoms with Gasteiger partial charge in [0.25, 0.3) is 0 Å². The molecule has 2 fully saturated rings. The highest BCUT2D eigenvalue weighted by atomic mass is 27.5. The lowest BCUT2D eigenvalue weighted by Gasteiger charge is -2.34. The Labute approximate surface area is 179 Å². The second kappa shape index (κ2) is 15.0. The number of nitrogens with zero attached hydrogens (tertiary/aromatic N) is 2. The molecule has 9 heteroatoms. The van der Waals surface area contributed by atoms with Crippen molar-refractivity contribution in [3.05, 3.63) is 0 Å². The average molecular weight is 448 g/mol. The van der Waals surface area contributed by atoms with Gasteiger partial charge >= 0.3 is 14.9 Å². The summed E-state index contributed by atoms with van der Waals surface area (Å²) < 4.78 is 52.4. The van der Waals surface area contributed by atoms with Crippen molar-refractivity contribution in [2.75, 3.05) is 66.9 Å². The van der Waals surface area contributed by atoms with Crippen LogP contribution in [0.25, 0.3) is 0 Å². The molecule has 4 nitrogen and oxygen atoms in total. The largest absolute Gasteiger partial charge is 1.04 e. The van der Waals surface area contributed by atoms with E-state index >= 15 is 0 Å². The van der Waals surface area contributed by atoms with Gasteiger partial charge in [-0.3, -0.25) is 0 Å². The molecule has 0 N–H and O–H groups in total. The van der Waals surface area contributed by atoms with Crippen LogP contribution >= 0.6 is 0 Å². The Hall–Kier alpha value is 0.0925. The fourth-order valence-electron chi connectivity index (χ4n) is 4.61. The Morgan fingerprint density at radius 1 is 0.793 bits per heavy atom. The van der Waals surface area contributed by atoms with E-state index in [2.05, 4.69) is 20.8 Å². The normalized spacial score (nSPS) is 20.1. The van der Waals surface area contributed by atoms with Crippen LogP contribution in [-0.4, -0.2) is 90.8 Å². The summed E-state index contributed by atoms with van der Waals surface area (Å²) in [6, 6.07) is 0. The molecule has 0 aromatic heterocycles. The first-order valence-electron chi connectivity index (χ1n) is 11.1. The average Bonchev–Trinajstić information content (AvgIpc) is 3.23. The van der Waals surface area contributed by atoms with E-state index in [-0.39, 0.29) is 0 Å². The van der Waals surface area contributed by atoms with E-state index in [9.17, 15) is 14.1 Å².